The largest absolute Gasteiger partial charge is 0.353 e. The number of aliphatic hydroxyl groups excluding tert-OH is 1. The second-order valence-corrected chi connectivity index (χ2v) is 2.30. The molecule has 0 aliphatic heterocycles. The van der Waals surface area contributed by atoms with Crippen LogP contribution in [0.3, 0.4) is 0 Å². The summed E-state index contributed by atoms with van der Waals surface area (Å²) < 4.78 is 0. The van der Waals surface area contributed by atoms with E-state index in [1.807, 2.05) is 0 Å². The first-order valence-corrected chi connectivity index (χ1v) is 3.55. The second kappa shape index (κ2) is 6.18. The molecule has 0 saturated carbocycles. The Balaban J connectivity index is 2.69. The van der Waals surface area contributed by atoms with Crippen LogP contribution in [0.5, 0.6) is 0 Å². The molecule has 0 atom stereocenters. The number of aliphatic hydroxyl groups is 1. The van der Waals surface area contributed by atoms with Gasteiger partial charge in [0.15, 0.2) is 0 Å². The van der Waals surface area contributed by atoms with Crippen molar-refractivity contribution in [3.8, 4) is 0 Å². The zero-order valence-electron chi connectivity index (χ0n) is 4.52. The minimum atomic E-state index is 0.933. The van der Waals surface area contributed by atoms with Gasteiger partial charge in [-0.3, -0.25) is 0 Å². The van der Waals surface area contributed by atoms with E-state index in [0.717, 1.165) is 17.1 Å². The summed E-state index contributed by atoms with van der Waals surface area (Å²) in [7, 11) is 0. The molecule has 1 radical (unpaired) electrons. The molecule has 0 saturated heterocycles. The molecule has 0 aromatic heterocycles. The van der Waals surface area contributed by atoms with E-state index >= 15 is 0 Å². The van der Waals surface area contributed by atoms with Crippen LogP contribution in [-0.4, -0.2) is 16.4 Å². The molecule has 0 bridgehead atoms. The lowest BCUT2D eigenvalue weighted by Gasteiger charge is -1.83. The molecule has 0 rings (SSSR count). The van der Waals surface area contributed by atoms with E-state index in [1.165, 1.54) is 12.8 Å². The summed E-state index contributed by atoms with van der Waals surface area (Å²) >= 11 is 0.933. The van der Waals surface area contributed by atoms with Gasteiger partial charge < -0.3 is 5.11 Å². The molecule has 0 aromatic carbocycles. The lowest BCUT2D eigenvalue weighted by atomic mass is 10.4. The van der Waals surface area contributed by atoms with Crippen molar-refractivity contribution >= 4 is 16.9 Å². The smallest absolute Gasteiger partial charge is 0.129 e. The molecule has 2 heteroatoms. The first-order valence-electron chi connectivity index (χ1n) is 2.47. The highest BCUT2D eigenvalue weighted by Gasteiger charge is 1.73. The summed E-state index contributed by atoms with van der Waals surface area (Å²) in [4.78, 5) is 0. The van der Waals surface area contributed by atoms with Gasteiger partial charge in [-0.2, -0.15) is 11.4 Å². The molecule has 0 fully saturated rings. The number of hydrogen-bond acceptors (Lipinski definition) is 0. The summed E-state index contributed by atoms with van der Waals surface area (Å²) in [6.45, 7) is 2.13. The maximum atomic E-state index is 8.03. The summed E-state index contributed by atoms with van der Waals surface area (Å²) in [6.07, 6.45) is 2.39. The van der Waals surface area contributed by atoms with Crippen LogP contribution >= 0.6 is 11.4 Å². The van der Waals surface area contributed by atoms with Crippen LogP contribution in [-0.2, 0) is 0 Å². The highest BCUT2D eigenvalue weighted by atomic mass is 32.1. The first-order chi connectivity index (χ1) is 3.41. The van der Waals surface area contributed by atoms with E-state index in [-0.39, 0.29) is 0 Å². The number of rotatable bonds is 3. The van der Waals surface area contributed by atoms with Gasteiger partial charge in [-0.05, 0) is 12.2 Å². The van der Waals surface area contributed by atoms with Crippen LogP contribution in [0.25, 0.3) is 0 Å². The summed E-state index contributed by atoms with van der Waals surface area (Å²) in [6, 6.07) is 0. The van der Waals surface area contributed by atoms with E-state index in [4.69, 9.17) is 5.11 Å². The summed E-state index contributed by atoms with van der Waals surface area (Å²) in [5.41, 5.74) is 2.07. The Bertz CT molecular complexity index is 52.0. The number of hydrogen-bond donors (Lipinski definition) is 2. The predicted octanol–water partition coefficient (Wildman–Crippen LogP) is 1.45. The average Bonchev–Trinajstić information content (AvgIpc) is 1.69. The molecule has 1 N–H and O–H groups in total. The van der Waals surface area contributed by atoms with Crippen LogP contribution in [0.2, 0.25) is 0 Å². The number of unbranched alkanes of at least 4 members (excludes halogenated alkanes) is 1. The van der Waals surface area contributed by atoms with E-state index in [1.54, 1.807) is 0 Å². The maximum absolute atomic E-state index is 8.03. The van der Waals surface area contributed by atoms with Gasteiger partial charge in [-0.15, -0.1) is 0 Å². The average molecular weight is 119 g/mol. The van der Waals surface area contributed by atoms with Crippen molar-refractivity contribution < 1.29 is 5.11 Å². The Kier molecular flexibility index (Phi) is 6.34. The molecule has 7 heavy (non-hydrogen) atoms. The van der Waals surface area contributed by atoms with E-state index < -0.39 is 0 Å². The van der Waals surface area contributed by atoms with E-state index in [9.17, 15) is 0 Å². The zero-order chi connectivity index (χ0) is 5.54. The van der Waals surface area contributed by atoms with Gasteiger partial charge in [0.05, 0.1) is 0 Å². The van der Waals surface area contributed by atoms with Crippen LogP contribution in [0, 0.1) is 0 Å². The normalized spacial score (nSPS) is 11.7. The van der Waals surface area contributed by atoms with Gasteiger partial charge in [-0.25, -0.2) is 0 Å². The van der Waals surface area contributed by atoms with E-state index in [2.05, 4.69) is 12.5 Å². The Morgan fingerprint density at radius 1 is 1.71 bits per heavy atom. The molecule has 0 aliphatic carbocycles. The van der Waals surface area contributed by atoms with Gasteiger partial charge in [0, 0.05) is 0 Å². The fraction of sp³-hybridized carbons (Fsp3) is 0.800. The Morgan fingerprint density at radius 2 is 2.43 bits per heavy atom. The van der Waals surface area contributed by atoms with Crippen LogP contribution in [0.4, 0.5) is 0 Å². The third kappa shape index (κ3) is 6.18. The molecule has 0 aliphatic rings. The van der Waals surface area contributed by atoms with Crippen molar-refractivity contribution in [1.29, 1.82) is 0 Å². The fourth-order valence-corrected chi connectivity index (χ4v) is 0.862. The lowest BCUT2D eigenvalue weighted by Crippen LogP contribution is -1.71. The van der Waals surface area contributed by atoms with Crippen molar-refractivity contribution in [3.63, 3.8) is 0 Å². The SMILES string of the molecule is CCCC[SH]=[C]O. The van der Waals surface area contributed by atoms with Crippen LogP contribution in [0.15, 0.2) is 0 Å². The van der Waals surface area contributed by atoms with Crippen molar-refractivity contribution in [3.05, 3.63) is 0 Å². The predicted molar refractivity (Wildman–Crippen MR) is 36.4 cm³/mol. The molecule has 1 nitrogen and oxygen atoms in total. The molecular formula is C5H11OS. The van der Waals surface area contributed by atoms with Gasteiger partial charge in [0.2, 0.25) is 0 Å². The second-order valence-electron chi connectivity index (χ2n) is 1.34. The Morgan fingerprint density at radius 3 is 2.86 bits per heavy atom. The van der Waals surface area contributed by atoms with Crippen molar-refractivity contribution in [2.24, 2.45) is 0 Å². The van der Waals surface area contributed by atoms with Crippen LogP contribution < -0.4 is 0 Å². The fourth-order valence-electron chi connectivity index (χ4n) is 0.287. The Labute approximate surface area is 48.3 Å². The third-order valence-corrected chi connectivity index (χ3v) is 1.38. The molecular weight excluding hydrogens is 108 g/mol. The monoisotopic (exact) mass is 119 g/mol. The molecule has 0 spiro atoms. The minimum Gasteiger partial charge on any atom is -0.353 e. The van der Waals surface area contributed by atoms with Gasteiger partial charge in [-0.1, -0.05) is 13.3 Å². The zero-order valence-corrected chi connectivity index (χ0v) is 5.41. The highest BCUT2D eigenvalue weighted by molar-refractivity contribution is 7.97. The van der Waals surface area contributed by atoms with Gasteiger partial charge >= 0.3 is 0 Å². The van der Waals surface area contributed by atoms with Crippen LogP contribution in [0.1, 0.15) is 19.8 Å². The topological polar surface area (TPSA) is 20.2 Å². The van der Waals surface area contributed by atoms with Gasteiger partial charge in [0.25, 0.3) is 0 Å². The van der Waals surface area contributed by atoms with E-state index in [0.29, 0.717) is 0 Å². The summed E-state index contributed by atoms with van der Waals surface area (Å²) in [5, 5.41) is 8.03. The molecule has 43 valence electrons. The molecule has 0 aromatic rings. The van der Waals surface area contributed by atoms with Crippen molar-refractivity contribution in [2.75, 3.05) is 5.75 Å². The first kappa shape index (κ1) is 7.18. The standard InChI is InChI=1S/C5H11OS/c1-2-3-4-7-5-6/h6-7H,2-4H2,1H3. The molecule has 0 heterocycles. The van der Waals surface area contributed by atoms with Crippen molar-refractivity contribution in [1.82, 2.24) is 0 Å². The number of thiol groups is 1. The maximum Gasteiger partial charge on any atom is 0.129 e. The Hall–Kier alpha value is 0.180. The minimum absolute atomic E-state index is 0.933. The molecule has 0 unspecified atom stereocenters. The van der Waals surface area contributed by atoms with Crippen molar-refractivity contribution in [2.45, 2.75) is 19.8 Å². The lowest BCUT2D eigenvalue weighted by molar-refractivity contribution is 0.593. The highest BCUT2D eigenvalue weighted by Crippen LogP contribution is 1.91. The molecule has 0 amide bonds. The quantitative estimate of drug-likeness (QED) is 0.327. The van der Waals surface area contributed by atoms with Gasteiger partial charge in [0.1, 0.15) is 5.55 Å². The summed E-state index contributed by atoms with van der Waals surface area (Å²) in [5.74, 6) is 1.05. The third-order valence-electron chi connectivity index (χ3n) is 0.694.